The van der Waals surface area contributed by atoms with E-state index in [1.165, 1.54) is 6.42 Å². The predicted octanol–water partition coefficient (Wildman–Crippen LogP) is 1.93. The van der Waals surface area contributed by atoms with Crippen molar-refractivity contribution in [3.05, 3.63) is 5.82 Å². The molecule has 0 radical (unpaired) electrons. The second-order valence-electron chi connectivity index (χ2n) is 3.81. The van der Waals surface area contributed by atoms with Crippen LogP contribution in [0, 0.1) is 6.92 Å². The van der Waals surface area contributed by atoms with Gasteiger partial charge in [-0.05, 0) is 20.3 Å². The molecule has 0 bridgehead atoms. The lowest BCUT2D eigenvalue weighted by Gasteiger charge is -2.24. The van der Waals surface area contributed by atoms with E-state index in [0.29, 0.717) is 11.9 Å². The Morgan fingerprint density at radius 1 is 1.57 bits per heavy atom. The zero-order chi connectivity index (χ0) is 10.7. The molecule has 4 nitrogen and oxygen atoms in total. The number of nitrogens with two attached hydrogens (primary N) is 1. The van der Waals surface area contributed by atoms with E-state index in [1.54, 1.807) is 0 Å². The predicted molar refractivity (Wildman–Crippen MR) is 60.5 cm³/mol. The molecule has 1 aromatic heterocycles. The molecule has 0 spiro atoms. The molecule has 1 heterocycles. The van der Waals surface area contributed by atoms with Crippen LogP contribution >= 0.6 is 0 Å². The van der Waals surface area contributed by atoms with E-state index >= 15 is 0 Å². The lowest BCUT2D eigenvalue weighted by molar-refractivity contribution is 0.612. The molecule has 0 amide bonds. The van der Waals surface area contributed by atoms with Gasteiger partial charge in [0.05, 0.1) is 0 Å². The lowest BCUT2D eigenvalue weighted by atomic mass is 10.2. The number of anilines is 2. The summed E-state index contributed by atoms with van der Waals surface area (Å²) in [5.41, 5.74) is 5.82. The molecule has 4 heteroatoms. The van der Waals surface area contributed by atoms with E-state index < -0.39 is 0 Å². The van der Waals surface area contributed by atoms with Crippen LogP contribution in [0.15, 0.2) is 0 Å². The average Bonchev–Trinajstić information content (AvgIpc) is 2.44. The number of nitrogens with one attached hydrogen (secondary N) is 1. The van der Waals surface area contributed by atoms with Gasteiger partial charge in [-0.1, -0.05) is 13.3 Å². The number of H-pyrrole nitrogens is 1. The smallest absolute Gasteiger partial charge is 0.171 e. The Bertz CT molecular complexity index is 292. The second-order valence-corrected chi connectivity index (χ2v) is 3.81. The first kappa shape index (κ1) is 10.9. The molecule has 1 atom stereocenters. The Kier molecular flexibility index (Phi) is 3.38. The number of aromatic amines is 1. The molecular weight excluding hydrogens is 176 g/mol. The zero-order valence-electron chi connectivity index (χ0n) is 9.46. The third-order valence-corrected chi connectivity index (χ3v) is 2.53. The van der Waals surface area contributed by atoms with E-state index in [4.69, 9.17) is 5.73 Å². The number of aryl methyl sites for hydroxylation is 1. The molecular formula is C10H20N4. The van der Waals surface area contributed by atoms with Crippen LogP contribution in [0.25, 0.3) is 0 Å². The first-order valence-electron chi connectivity index (χ1n) is 5.11. The zero-order valence-corrected chi connectivity index (χ0v) is 9.46. The van der Waals surface area contributed by atoms with Crippen LogP contribution < -0.4 is 10.6 Å². The molecule has 0 aromatic carbocycles. The minimum Gasteiger partial charge on any atom is -0.382 e. The Balaban J connectivity index is 2.77. The number of nitrogens with zero attached hydrogens (tertiary/aromatic N) is 2. The third-order valence-electron chi connectivity index (χ3n) is 2.53. The Hall–Kier alpha value is -1.19. The molecule has 0 aliphatic heterocycles. The van der Waals surface area contributed by atoms with Crippen LogP contribution in [-0.4, -0.2) is 23.1 Å². The molecule has 1 aromatic rings. The summed E-state index contributed by atoms with van der Waals surface area (Å²) in [6.07, 6.45) is 2.33. The number of imidazole rings is 1. The molecule has 0 saturated heterocycles. The molecule has 0 aliphatic carbocycles. The highest BCUT2D eigenvalue weighted by Crippen LogP contribution is 2.21. The normalized spacial score (nSPS) is 12.9. The van der Waals surface area contributed by atoms with Crippen LogP contribution in [0.5, 0.6) is 0 Å². The summed E-state index contributed by atoms with van der Waals surface area (Å²) in [7, 11) is 2.03. The molecule has 0 saturated carbocycles. The minimum absolute atomic E-state index is 0.477. The fourth-order valence-electron chi connectivity index (χ4n) is 1.59. The van der Waals surface area contributed by atoms with Crippen molar-refractivity contribution in [2.24, 2.45) is 0 Å². The topological polar surface area (TPSA) is 57.9 Å². The van der Waals surface area contributed by atoms with E-state index in [9.17, 15) is 0 Å². The Morgan fingerprint density at radius 3 is 2.64 bits per heavy atom. The van der Waals surface area contributed by atoms with E-state index in [0.717, 1.165) is 18.1 Å². The van der Waals surface area contributed by atoms with Gasteiger partial charge in [-0.2, -0.15) is 0 Å². The van der Waals surface area contributed by atoms with Crippen molar-refractivity contribution in [3.8, 4) is 0 Å². The van der Waals surface area contributed by atoms with Gasteiger partial charge in [-0.15, -0.1) is 0 Å². The van der Waals surface area contributed by atoms with Crippen molar-refractivity contribution in [3.63, 3.8) is 0 Å². The fraction of sp³-hybridized carbons (Fsp3) is 0.700. The number of hydrogen-bond donors (Lipinski definition) is 2. The molecule has 0 aliphatic rings. The van der Waals surface area contributed by atoms with Crippen molar-refractivity contribution in [1.29, 1.82) is 0 Å². The number of aromatic nitrogens is 2. The van der Waals surface area contributed by atoms with Gasteiger partial charge in [0, 0.05) is 13.1 Å². The second kappa shape index (κ2) is 4.35. The fourth-order valence-corrected chi connectivity index (χ4v) is 1.59. The minimum atomic E-state index is 0.477. The Morgan fingerprint density at radius 2 is 2.21 bits per heavy atom. The molecule has 1 unspecified atom stereocenters. The van der Waals surface area contributed by atoms with Gasteiger partial charge >= 0.3 is 0 Å². The van der Waals surface area contributed by atoms with Crippen LogP contribution in [0.2, 0.25) is 0 Å². The summed E-state index contributed by atoms with van der Waals surface area (Å²) < 4.78 is 0. The molecule has 14 heavy (non-hydrogen) atoms. The SMILES string of the molecule is CCCC(C)N(C)c1nc(C)[nH]c1N. The van der Waals surface area contributed by atoms with Crippen molar-refractivity contribution in [1.82, 2.24) is 9.97 Å². The maximum absolute atomic E-state index is 5.82. The van der Waals surface area contributed by atoms with Crippen molar-refractivity contribution in [2.75, 3.05) is 17.7 Å². The van der Waals surface area contributed by atoms with Gasteiger partial charge in [0.2, 0.25) is 0 Å². The number of rotatable bonds is 4. The lowest BCUT2D eigenvalue weighted by Crippen LogP contribution is -2.29. The highest BCUT2D eigenvalue weighted by atomic mass is 15.2. The summed E-state index contributed by atoms with van der Waals surface area (Å²) in [5.74, 6) is 2.39. The van der Waals surface area contributed by atoms with Gasteiger partial charge in [-0.25, -0.2) is 4.98 Å². The van der Waals surface area contributed by atoms with Crippen LogP contribution in [-0.2, 0) is 0 Å². The average molecular weight is 196 g/mol. The monoisotopic (exact) mass is 196 g/mol. The van der Waals surface area contributed by atoms with E-state index in [1.807, 2.05) is 14.0 Å². The Labute approximate surface area is 85.5 Å². The number of hydrogen-bond acceptors (Lipinski definition) is 3. The van der Waals surface area contributed by atoms with Crippen molar-refractivity contribution in [2.45, 2.75) is 39.7 Å². The maximum atomic E-state index is 5.82. The largest absolute Gasteiger partial charge is 0.382 e. The van der Waals surface area contributed by atoms with Gasteiger partial charge < -0.3 is 15.6 Å². The standard InChI is InChI=1S/C10H20N4/c1-5-6-7(2)14(4)10-9(11)12-8(3)13-10/h7H,5-6,11H2,1-4H3,(H,12,13). The molecule has 1 rings (SSSR count). The van der Waals surface area contributed by atoms with Gasteiger partial charge in [0.1, 0.15) is 11.6 Å². The van der Waals surface area contributed by atoms with Crippen LogP contribution in [0.3, 0.4) is 0 Å². The summed E-state index contributed by atoms with van der Waals surface area (Å²) in [6, 6.07) is 0.477. The molecule has 3 N–H and O–H groups in total. The summed E-state index contributed by atoms with van der Waals surface area (Å²) >= 11 is 0. The summed E-state index contributed by atoms with van der Waals surface area (Å²) in [4.78, 5) is 9.50. The molecule has 0 fully saturated rings. The van der Waals surface area contributed by atoms with Crippen LogP contribution in [0.1, 0.15) is 32.5 Å². The van der Waals surface area contributed by atoms with Crippen molar-refractivity contribution < 1.29 is 0 Å². The van der Waals surface area contributed by atoms with E-state index in [2.05, 4.69) is 28.7 Å². The quantitative estimate of drug-likeness (QED) is 0.773. The highest BCUT2D eigenvalue weighted by Gasteiger charge is 2.14. The van der Waals surface area contributed by atoms with Gasteiger partial charge in [-0.3, -0.25) is 0 Å². The first-order chi connectivity index (χ1) is 6.56. The summed E-state index contributed by atoms with van der Waals surface area (Å²) in [5, 5.41) is 0. The number of nitrogen functional groups attached to an aromatic ring is 1. The van der Waals surface area contributed by atoms with Gasteiger partial charge in [0.15, 0.2) is 5.82 Å². The van der Waals surface area contributed by atoms with E-state index in [-0.39, 0.29) is 0 Å². The van der Waals surface area contributed by atoms with Gasteiger partial charge in [0.25, 0.3) is 0 Å². The summed E-state index contributed by atoms with van der Waals surface area (Å²) in [6.45, 7) is 6.29. The van der Waals surface area contributed by atoms with Crippen molar-refractivity contribution >= 4 is 11.6 Å². The highest BCUT2D eigenvalue weighted by molar-refractivity contribution is 5.58. The molecule has 80 valence electrons. The van der Waals surface area contributed by atoms with Crippen LogP contribution in [0.4, 0.5) is 11.6 Å². The first-order valence-corrected chi connectivity index (χ1v) is 5.11. The third kappa shape index (κ3) is 2.19. The maximum Gasteiger partial charge on any atom is 0.171 e.